The van der Waals surface area contributed by atoms with E-state index in [-0.39, 0.29) is 0 Å². The van der Waals surface area contributed by atoms with Crippen molar-refractivity contribution in [3.05, 3.63) is 213 Å². The highest BCUT2D eigenvalue weighted by molar-refractivity contribution is 6.10. The predicted octanol–water partition coefficient (Wildman–Crippen LogP) is 12.3. The Kier molecular flexibility index (Phi) is 8.79. The Morgan fingerprint density at radius 1 is 0.418 bits per heavy atom. The van der Waals surface area contributed by atoms with E-state index in [0.29, 0.717) is 17.5 Å². The molecule has 0 saturated heterocycles. The predicted molar refractivity (Wildman–Crippen MR) is 227 cm³/mol. The van der Waals surface area contributed by atoms with E-state index in [4.69, 9.17) is 15.0 Å². The van der Waals surface area contributed by atoms with E-state index in [0.717, 1.165) is 61.3 Å². The first kappa shape index (κ1) is 33.3. The molecule has 0 atom stereocenters. The van der Waals surface area contributed by atoms with Crippen molar-refractivity contribution in [1.82, 2.24) is 24.5 Å². The van der Waals surface area contributed by atoms with Crippen molar-refractivity contribution < 1.29 is 0 Å². The zero-order valence-corrected chi connectivity index (χ0v) is 30.0. The number of hydrogen-bond acceptors (Lipinski definition) is 4. The minimum absolute atomic E-state index is 0.603. The average molecular weight is 706 g/mol. The van der Waals surface area contributed by atoms with Gasteiger partial charge >= 0.3 is 0 Å². The van der Waals surface area contributed by atoms with Gasteiger partial charge in [0.25, 0.3) is 0 Å². The van der Waals surface area contributed by atoms with Crippen LogP contribution < -0.4 is 0 Å². The third-order valence-corrected chi connectivity index (χ3v) is 9.88. The summed E-state index contributed by atoms with van der Waals surface area (Å²) in [5.74, 6) is 1.84. The Hall–Kier alpha value is -7.50. The molecule has 0 N–H and O–H groups in total. The Bertz CT molecular complexity index is 2860. The number of pyridine rings is 1. The van der Waals surface area contributed by atoms with Crippen molar-refractivity contribution in [2.24, 2.45) is 0 Å². The zero-order chi connectivity index (χ0) is 37.1. The normalized spacial score (nSPS) is 11.3. The molecule has 0 spiro atoms. The molecule has 9 aromatic rings. The van der Waals surface area contributed by atoms with Crippen molar-refractivity contribution in [2.75, 3.05) is 0 Å². The summed E-state index contributed by atoms with van der Waals surface area (Å²) in [7, 11) is 0. The van der Waals surface area contributed by atoms with Gasteiger partial charge in [0.05, 0.1) is 11.0 Å². The summed E-state index contributed by atoms with van der Waals surface area (Å²) in [6, 6.07) is 56.1. The zero-order valence-electron chi connectivity index (χ0n) is 30.0. The average Bonchev–Trinajstić information content (AvgIpc) is 3.60. The van der Waals surface area contributed by atoms with E-state index in [1.165, 1.54) is 16.3 Å². The molecule has 9 rings (SSSR count). The fourth-order valence-electron chi connectivity index (χ4n) is 6.96. The molecule has 3 heterocycles. The van der Waals surface area contributed by atoms with Crippen LogP contribution in [0.5, 0.6) is 0 Å². The van der Waals surface area contributed by atoms with Crippen molar-refractivity contribution in [3.63, 3.8) is 0 Å². The highest BCUT2D eigenvalue weighted by Gasteiger charge is 2.15. The van der Waals surface area contributed by atoms with Crippen LogP contribution >= 0.6 is 0 Å². The van der Waals surface area contributed by atoms with Gasteiger partial charge in [0.1, 0.15) is 0 Å². The quantitative estimate of drug-likeness (QED) is 0.140. The van der Waals surface area contributed by atoms with Crippen molar-refractivity contribution in [3.8, 4) is 51.0 Å². The topological polar surface area (TPSA) is 56.5 Å². The lowest BCUT2D eigenvalue weighted by Crippen LogP contribution is -2.00. The molecule has 0 aliphatic rings. The van der Waals surface area contributed by atoms with Crippen LogP contribution in [0.1, 0.15) is 11.1 Å². The van der Waals surface area contributed by atoms with Gasteiger partial charge in [0.15, 0.2) is 17.5 Å². The molecular formula is C50H35N5. The van der Waals surface area contributed by atoms with E-state index in [1.807, 2.05) is 72.8 Å². The minimum atomic E-state index is 0.603. The lowest BCUT2D eigenvalue weighted by molar-refractivity contribution is 1.07. The Balaban J connectivity index is 0.982. The van der Waals surface area contributed by atoms with Crippen LogP contribution in [0.4, 0.5) is 0 Å². The van der Waals surface area contributed by atoms with E-state index in [2.05, 4.69) is 126 Å². The van der Waals surface area contributed by atoms with E-state index in [1.54, 1.807) is 12.4 Å². The number of hydrogen-bond donors (Lipinski definition) is 0. The van der Waals surface area contributed by atoms with Crippen LogP contribution in [-0.4, -0.2) is 24.5 Å². The highest BCUT2D eigenvalue weighted by Crippen LogP contribution is 2.34. The maximum Gasteiger partial charge on any atom is 0.164 e. The largest absolute Gasteiger partial charge is 0.309 e. The summed E-state index contributed by atoms with van der Waals surface area (Å²) in [6.07, 6.45) is 7.67. The summed E-state index contributed by atoms with van der Waals surface area (Å²) >= 11 is 0. The third kappa shape index (κ3) is 6.67. The molecule has 3 aromatic heterocycles. The van der Waals surface area contributed by atoms with E-state index in [9.17, 15) is 0 Å². The monoisotopic (exact) mass is 705 g/mol. The number of rotatable bonds is 9. The molecule has 0 bridgehead atoms. The first-order valence-corrected chi connectivity index (χ1v) is 18.2. The van der Waals surface area contributed by atoms with Crippen molar-refractivity contribution >= 4 is 33.0 Å². The van der Waals surface area contributed by atoms with Gasteiger partial charge in [-0.2, -0.15) is 0 Å². The van der Waals surface area contributed by atoms with E-state index < -0.39 is 0 Å². The van der Waals surface area contributed by atoms with Gasteiger partial charge in [-0.3, -0.25) is 4.98 Å². The van der Waals surface area contributed by atoms with Gasteiger partial charge in [-0.15, -0.1) is 0 Å². The van der Waals surface area contributed by atoms with Crippen LogP contribution in [0.25, 0.3) is 83.9 Å². The van der Waals surface area contributed by atoms with Crippen LogP contribution in [0.3, 0.4) is 0 Å². The molecular weight excluding hydrogens is 671 g/mol. The van der Waals surface area contributed by atoms with Crippen LogP contribution in [0.15, 0.2) is 201 Å². The fraction of sp³-hybridized carbons (Fsp3) is 0. The number of nitrogens with zero attached hydrogens (tertiary/aromatic N) is 5. The molecule has 260 valence electrons. The summed E-state index contributed by atoms with van der Waals surface area (Å²) in [4.78, 5) is 18.9. The van der Waals surface area contributed by atoms with Gasteiger partial charge in [-0.25, -0.2) is 15.0 Å². The van der Waals surface area contributed by atoms with E-state index >= 15 is 0 Å². The summed E-state index contributed by atoms with van der Waals surface area (Å²) in [6.45, 7) is 8.82. The smallest absolute Gasteiger partial charge is 0.164 e. The second-order valence-corrected chi connectivity index (χ2v) is 13.4. The summed E-state index contributed by atoms with van der Waals surface area (Å²) in [5, 5.41) is 2.44. The number of benzene rings is 6. The van der Waals surface area contributed by atoms with Gasteiger partial charge in [0.2, 0.25) is 0 Å². The SMILES string of the molecule is C=C(/C=C\C(=C)c1ccc2c3ccccc3n(-c3ccccc3)c2c1)c1ccc(-c2nc(-c3ccccc3)nc(-c3ccc(-c4ccncc4)cc3)n2)cc1. The third-order valence-electron chi connectivity index (χ3n) is 9.88. The number of allylic oxidation sites excluding steroid dienone is 4. The summed E-state index contributed by atoms with van der Waals surface area (Å²) in [5.41, 5.74) is 12.2. The number of fused-ring (bicyclic) bond motifs is 3. The molecule has 0 radical (unpaired) electrons. The lowest BCUT2D eigenvalue weighted by atomic mass is 10.0. The molecule has 0 saturated carbocycles. The summed E-state index contributed by atoms with van der Waals surface area (Å²) < 4.78 is 2.32. The fourth-order valence-corrected chi connectivity index (χ4v) is 6.96. The second-order valence-electron chi connectivity index (χ2n) is 13.4. The second kappa shape index (κ2) is 14.5. The molecule has 0 aliphatic heterocycles. The molecule has 0 fully saturated rings. The molecule has 6 aromatic carbocycles. The molecule has 0 aliphatic carbocycles. The Morgan fingerprint density at radius 3 is 1.55 bits per heavy atom. The number of aromatic nitrogens is 5. The standard InChI is InChI=1S/C50H35N5/c1-34(17-18-35(2)42-27-28-45-44-15-9-10-16-46(44)55(47(45)33-42)43-13-7-4-8-14-43)36-19-23-40(24-20-36)49-52-48(39-11-5-3-6-12-39)53-50(54-49)41-25-21-37(22-26-41)38-29-31-51-32-30-38/h3-33H,1-2H2/b18-17-. The maximum absolute atomic E-state index is 4.95. The maximum atomic E-state index is 4.95. The van der Waals surface area contributed by atoms with Gasteiger partial charge < -0.3 is 4.57 Å². The van der Waals surface area contributed by atoms with Gasteiger partial charge in [0, 0.05) is 45.5 Å². The highest BCUT2D eigenvalue weighted by atomic mass is 15.0. The van der Waals surface area contributed by atoms with Crippen molar-refractivity contribution in [2.45, 2.75) is 0 Å². The van der Waals surface area contributed by atoms with Gasteiger partial charge in [-0.05, 0) is 69.8 Å². The lowest BCUT2D eigenvalue weighted by Gasteiger charge is -2.10. The molecule has 5 nitrogen and oxygen atoms in total. The Morgan fingerprint density at radius 2 is 0.891 bits per heavy atom. The number of para-hydroxylation sites is 2. The van der Waals surface area contributed by atoms with Crippen LogP contribution in [-0.2, 0) is 0 Å². The molecule has 0 amide bonds. The molecule has 0 unspecified atom stereocenters. The molecule has 5 heteroatoms. The Labute approximate surface area is 320 Å². The van der Waals surface area contributed by atoms with Crippen LogP contribution in [0.2, 0.25) is 0 Å². The first-order chi connectivity index (χ1) is 27.1. The minimum Gasteiger partial charge on any atom is -0.309 e. The van der Waals surface area contributed by atoms with Crippen LogP contribution in [0, 0.1) is 0 Å². The first-order valence-electron chi connectivity index (χ1n) is 18.2. The van der Waals surface area contributed by atoms with Gasteiger partial charge in [-0.1, -0.05) is 153 Å². The molecule has 55 heavy (non-hydrogen) atoms. The van der Waals surface area contributed by atoms with Crippen molar-refractivity contribution in [1.29, 1.82) is 0 Å².